The maximum absolute atomic E-state index is 12.6. The lowest BCUT2D eigenvalue weighted by atomic mass is 10.1. The summed E-state index contributed by atoms with van der Waals surface area (Å²) in [4.78, 5) is 25.9. The van der Waals surface area contributed by atoms with Gasteiger partial charge in [-0.25, -0.2) is 0 Å². The van der Waals surface area contributed by atoms with Gasteiger partial charge in [-0.2, -0.15) is 0 Å². The van der Waals surface area contributed by atoms with Crippen LogP contribution >= 0.6 is 27.3 Å². The van der Waals surface area contributed by atoms with E-state index in [2.05, 4.69) is 21.2 Å². The van der Waals surface area contributed by atoms with Gasteiger partial charge in [-0.1, -0.05) is 34.1 Å². The zero-order valence-electron chi connectivity index (χ0n) is 12.7. The summed E-state index contributed by atoms with van der Waals surface area (Å²) in [5, 5.41) is 3.41. The Morgan fingerprint density at radius 1 is 1.30 bits per heavy atom. The maximum Gasteiger partial charge on any atom is 0.259 e. The summed E-state index contributed by atoms with van der Waals surface area (Å²) < 4.78 is 3.29. The molecule has 0 unspecified atom stereocenters. The molecule has 0 saturated carbocycles. The van der Waals surface area contributed by atoms with E-state index in [0.717, 1.165) is 19.6 Å². The number of carbonyl (C=O) groups excluding carboxylic acids is 1. The van der Waals surface area contributed by atoms with Crippen molar-refractivity contribution >= 4 is 43.3 Å². The minimum absolute atomic E-state index is 0.141. The first-order valence-corrected chi connectivity index (χ1v) is 8.70. The molecule has 3 aromatic rings. The van der Waals surface area contributed by atoms with Crippen LogP contribution in [0.2, 0.25) is 0 Å². The van der Waals surface area contributed by atoms with Crippen molar-refractivity contribution in [2.75, 3.05) is 0 Å². The molecule has 2 aromatic heterocycles. The number of pyridine rings is 1. The van der Waals surface area contributed by atoms with Crippen LogP contribution in [0, 0.1) is 6.92 Å². The molecular weight excluding hydrogens is 376 g/mol. The van der Waals surface area contributed by atoms with Gasteiger partial charge in [0.25, 0.3) is 11.5 Å². The molecule has 6 heteroatoms. The molecule has 2 heterocycles. The lowest BCUT2D eigenvalue weighted by Crippen LogP contribution is -2.25. The molecule has 0 fully saturated rings. The summed E-state index contributed by atoms with van der Waals surface area (Å²) in [6.45, 7) is 2.28. The number of hydrogen-bond donors (Lipinski definition) is 1. The molecule has 0 bridgehead atoms. The Labute approximate surface area is 145 Å². The average Bonchev–Trinajstić information content (AvgIpc) is 2.87. The fourth-order valence-electron chi connectivity index (χ4n) is 2.50. The molecule has 1 aromatic carbocycles. The number of aryl methyl sites for hydroxylation is 2. The van der Waals surface area contributed by atoms with E-state index in [1.807, 2.05) is 37.3 Å². The number of nitrogens with zero attached hydrogens (tertiary/aromatic N) is 1. The predicted octanol–water partition coefficient (Wildman–Crippen LogP) is 3.60. The van der Waals surface area contributed by atoms with E-state index in [0.29, 0.717) is 17.5 Å². The van der Waals surface area contributed by atoms with Crippen LogP contribution in [0.25, 0.3) is 10.1 Å². The molecule has 0 radical (unpaired) electrons. The standard InChI is InChI=1S/C17H15BrN2O2S/c1-10-14(15-13(23-10)7-8-20(2)17(15)22)16(21)19-9-11-5-3-4-6-12(11)18/h3-8H,9H2,1-2H3,(H,19,21). The summed E-state index contributed by atoms with van der Waals surface area (Å²) in [6, 6.07) is 9.60. The third kappa shape index (κ3) is 2.96. The molecule has 0 atom stereocenters. The Morgan fingerprint density at radius 2 is 2.04 bits per heavy atom. The van der Waals surface area contributed by atoms with Gasteiger partial charge in [0.05, 0.1) is 10.9 Å². The molecule has 4 nitrogen and oxygen atoms in total. The van der Waals surface area contributed by atoms with Crippen molar-refractivity contribution < 1.29 is 4.79 Å². The van der Waals surface area contributed by atoms with Crippen molar-refractivity contribution in [2.45, 2.75) is 13.5 Å². The number of thiophene rings is 1. The lowest BCUT2D eigenvalue weighted by Gasteiger charge is -2.07. The van der Waals surface area contributed by atoms with Gasteiger partial charge in [0.1, 0.15) is 0 Å². The Hall–Kier alpha value is -1.92. The van der Waals surface area contributed by atoms with Gasteiger partial charge in [-0.05, 0) is 24.6 Å². The zero-order chi connectivity index (χ0) is 16.6. The SMILES string of the molecule is Cc1sc2ccn(C)c(=O)c2c1C(=O)NCc1ccccc1Br. The number of nitrogens with one attached hydrogen (secondary N) is 1. The highest BCUT2D eigenvalue weighted by Crippen LogP contribution is 2.28. The molecule has 0 saturated heterocycles. The Balaban J connectivity index is 1.95. The number of fused-ring (bicyclic) bond motifs is 1. The van der Waals surface area contributed by atoms with Gasteiger partial charge < -0.3 is 9.88 Å². The molecule has 0 aliphatic heterocycles. The highest BCUT2D eigenvalue weighted by molar-refractivity contribution is 9.10. The third-order valence-electron chi connectivity index (χ3n) is 3.72. The summed E-state index contributed by atoms with van der Waals surface area (Å²) in [6.07, 6.45) is 1.73. The first kappa shape index (κ1) is 16.0. The quantitative estimate of drug-likeness (QED) is 0.742. The van der Waals surface area contributed by atoms with Crippen molar-refractivity contribution in [1.29, 1.82) is 0 Å². The second-order valence-corrected chi connectivity index (χ2v) is 7.39. The number of benzene rings is 1. The Morgan fingerprint density at radius 3 is 2.78 bits per heavy atom. The first-order chi connectivity index (χ1) is 11.0. The van der Waals surface area contributed by atoms with Gasteiger partial charge in [0, 0.05) is 33.8 Å². The smallest absolute Gasteiger partial charge is 0.259 e. The monoisotopic (exact) mass is 390 g/mol. The van der Waals surface area contributed by atoms with E-state index in [1.165, 1.54) is 15.9 Å². The number of carbonyl (C=O) groups is 1. The minimum atomic E-state index is -0.215. The Kier molecular flexibility index (Phi) is 4.37. The number of amides is 1. The van der Waals surface area contributed by atoms with Gasteiger partial charge in [-0.3, -0.25) is 9.59 Å². The number of hydrogen-bond acceptors (Lipinski definition) is 3. The number of rotatable bonds is 3. The van der Waals surface area contributed by atoms with Crippen LogP contribution in [0.5, 0.6) is 0 Å². The van der Waals surface area contributed by atoms with Crippen LogP contribution in [0.1, 0.15) is 20.8 Å². The Bertz CT molecular complexity index is 959. The molecule has 0 spiro atoms. The van der Waals surface area contributed by atoms with Crippen LogP contribution in [-0.4, -0.2) is 10.5 Å². The van der Waals surface area contributed by atoms with E-state index in [9.17, 15) is 9.59 Å². The third-order valence-corrected chi connectivity index (χ3v) is 5.56. The largest absolute Gasteiger partial charge is 0.348 e. The molecule has 0 aliphatic rings. The maximum atomic E-state index is 12.6. The predicted molar refractivity (Wildman–Crippen MR) is 97.1 cm³/mol. The average molecular weight is 391 g/mol. The van der Waals surface area contributed by atoms with Crippen LogP contribution in [0.3, 0.4) is 0 Å². The summed E-state index contributed by atoms with van der Waals surface area (Å²) in [7, 11) is 1.69. The molecule has 1 amide bonds. The van der Waals surface area contributed by atoms with Gasteiger partial charge in [0.2, 0.25) is 0 Å². The highest BCUT2D eigenvalue weighted by atomic mass is 79.9. The van der Waals surface area contributed by atoms with Crippen molar-refractivity contribution in [2.24, 2.45) is 7.05 Å². The van der Waals surface area contributed by atoms with Gasteiger partial charge >= 0.3 is 0 Å². The number of aromatic nitrogens is 1. The summed E-state index contributed by atoms with van der Waals surface area (Å²) in [5.74, 6) is -0.215. The van der Waals surface area contributed by atoms with E-state index in [-0.39, 0.29) is 11.5 Å². The van der Waals surface area contributed by atoms with E-state index < -0.39 is 0 Å². The highest BCUT2D eigenvalue weighted by Gasteiger charge is 2.19. The van der Waals surface area contributed by atoms with E-state index >= 15 is 0 Å². The van der Waals surface area contributed by atoms with Crippen molar-refractivity contribution in [3.63, 3.8) is 0 Å². The normalized spacial score (nSPS) is 10.9. The van der Waals surface area contributed by atoms with Crippen LogP contribution in [0.15, 0.2) is 45.8 Å². The van der Waals surface area contributed by atoms with Crippen molar-refractivity contribution in [1.82, 2.24) is 9.88 Å². The van der Waals surface area contributed by atoms with E-state index in [4.69, 9.17) is 0 Å². The topological polar surface area (TPSA) is 51.1 Å². The van der Waals surface area contributed by atoms with Crippen molar-refractivity contribution in [3.8, 4) is 0 Å². The zero-order valence-corrected chi connectivity index (χ0v) is 15.1. The molecule has 1 N–H and O–H groups in total. The van der Waals surface area contributed by atoms with E-state index in [1.54, 1.807) is 13.2 Å². The number of halogens is 1. The molecule has 23 heavy (non-hydrogen) atoms. The molecule has 3 rings (SSSR count). The van der Waals surface area contributed by atoms with Gasteiger partial charge in [-0.15, -0.1) is 11.3 Å². The summed E-state index contributed by atoms with van der Waals surface area (Å²) in [5.41, 5.74) is 1.34. The second kappa shape index (κ2) is 6.29. The lowest BCUT2D eigenvalue weighted by molar-refractivity contribution is 0.0952. The fraction of sp³-hybridized carbons (Fsp3) is 0.176. The molecule has 118 valence electrons. The minimum Gasteiger partial charge on any atom is -0.348 e. The van der Waals surface area contributed by atoms with Crippen LogP contribution < -0.4 is 10.9 Å². The molecule has 0 aliphatic carbocycles. The van der Waals surface area contributed by atoms with Crippen molar-refractivity contribution in [3.05, 3.63) is 67.4 Å². The summed E-state index contributed by atoms with van der Waals surface area (Å²) >= 11 is 4.94. The van der Waals surface area contributed by atoms with Gasteiger partial charge in [0.15, 0.2) is 0 Å². The van der Waals surface area contributed by atoms with Crippen LogP contribution in [-0.2, 0) is 13.6 Å². The molecular formula is C17H15BrN2O2S. The fourth-order valence-corrected chi connectivity index (χ4v) is 3.97. The van der Waals surface area contributed by atoms with Crippen LogP contribution in [0.4, 0.5) is 0 Å². The first-order valence-electron chi connectivity index (χ1n) is 7.09. The second-order valence-electron chi connectivity index (χ2n) is 5.28.